The van der Waals surface area contributed by atoms with Crippen LogP contribution in [0.15, 0.2) is 30.3 Å². The number of hydrogen-bond acceptors (Lipinski definition) is 7. The molecule has 0 aliphatic carbocycles. The third kappa shape index (κ3) is 8.28. The van der Waals surface area contributed by atoms with Crippen LogP contribution in [-0.2, 0) is 4.74 Å². The van der Waals surface area contributed by atoms with Crippen molar-refractivity contribution in [1.82, 2.24) is 15.1 Å². The van der Waals surface area contributed by atoms with Gasteiger partial charge < -0.3 is 30.2 Å². The Labute approximate surface area is 262 Å². The number of ether oxygens (including phenoxy) is 3. The number of nitrogens with zero attached hydrogens (tertiary/aromatic N) is 2. The maximum Gasteiger partial charge on any atom is 0.410 e. The second kappa shape index (κ2) is 15.2. The van der Waals surface area contributed by atoms with Crippen LogP contribution in [0, 0.1) is 5.92 Å². The Hall–Kier alpha value is -2.59. The number of nitrogen functional groups attached to an aromatic ring is 1. The molecule has 4 rings (SSSR count). The van der Waals surface area contributed by atoms with E-state index in [1.54, 1.807) is 29.2 Å². The lowest BCUT2D eigenvalue weighted by Crippen LogP contribution is -2.52. The first-order valence-electron chi connectivity index (χ1n) is 14.4. The lowest BCUT2D eigenvalue weighted by molar-refractivity contribution is -0.0795. The molecule has 2 aromatic rings. The van der Waals surface area contributed by atoms with Crippen molar-refractivity contribution in [1.29, 1.82) is 0 Å². The standard InChI is InChI=1S/C30H39Cl3N4O5/c1-19(41-30(39)37-12-5-3-4-6-13-37)29(42-25-9-7-8-22(31)27(25)33)36-14-10-20(11-15-36)18-35-28(38)21-16-23(32)24(34)17-26(21)40-2/h7-9,16-17,19-20,29H,3-6,10-15,18,34H2,1-2H3,(H,35,38). The number of anilines is 1. The van der Waals surface area contributed by atoms with Gasteiger partial charge in [0.25, 0.3) is 5.91 Å². The zero-order valence-corrected chi connectivity index (χ0v) is 26.3. The molecule has 0 spiro atoms. The van der Waals surface area contributed by atoms with Crippen LogP contribution in [0.3, 0.4) is 0 Å². The number of halogens is 3. The molecule has 2 amide bonds. The number of carbonyl (C=O) groups is 2. The molecule has 2 saturated heterocycles. The first-order valence-corrected chi connectivity index (χ1v) is 15.5. The van der Waals surface area contributed by atoms with E-state index in [2.05, 4.69) is 10.2 Å². The summed E-state index contributed by atoms with van der Waals surface area (Å²) in [6.07, 6.45) is 4.32. The molecule has 42 heavy (non-hydrogen) atoms. The molecule has 2 aromatic carbocycles. The molecule has 0 saturated carbocycles. The highest BCUT2D eigenvalue weighted by Gasteiger charge is 2.34. The van der Waals surface area contributed by atoms with E-state index in [0.717, 1.165) is 38.5 Å². The summed E-state index contributed by atoms with van der Waals surface area (Å²) in [5.74, 6) is 0.762. The predicted molar refractivity (Wildman–Crippen MR) is 166 cm³/mol. The Morgan fingerprint density at radius 2 is 1.69 bits per heavy atom. The highest BCUT2D eigenvalue weighted by Crippen LogP contribution is 2.34. The number of amides is 2. The van der Waals surface area contributed by atoms with Crippen molar-refractivity contribution in [2.75, 3.05) is 45.6 Å². The van der Waals surface area contributed by atoms with Crippen molar-refractivity contribution in [3.05, 3.63) is 51.0 Å². The van der Waals surface area contributed by atoms with E-state index < -0.39 is 12.3 Å². The molecule has 3 N–H and O–H groups in total. The summed E-state index contributed by atoms with van der Waals surface area (Å²) in [5.41, 5.74) is 6.53. The van der Waals surface area contributed by atoms with Gasteiger partial charge in [0.1, 0.15) is 16.5 Å². The molecule has 0 bridgehead atoms. The maximum atomic E-state index is 13.0. The van der Waals surface area contributed by atoms with Crippen LogP contribution in [0.25, 0.3) is 0 Å². The van der Waals surface area contributed by atoms with Gasteiger partial charge in [-0.3, -0.25) is 9.69 Å². The normalized spacial score (nSPS) is 18.1. The molecule has 2 atom stereocenters. The lowest BCUT2D eigenvalue weighted by atomic mass is 9.96. The number of rotatable bonds is 9. The Bertz CT molecular complexity index is 1230. The third-order valence-electron chi connectivity index (χ3n) is 7.84. The van der Waals surface area contributed by atoms with E-state index in [0.29, 0.717) is 70.5 Å². The van der Waals surface area contributed by atoms with Crippen LogP contribution in [0.5, 0.6) is 11.5 Å². The van der Waals surface area contributed by atoms with Gasteiger partial charge in [-0.25, -0.2) is 4.79 Å². The highest BCUT2D eigenvalue weighted by atomic mass is 35.5. The summed E-state index contributed by atoms with van der Waals surface area (Å²) in [7, 11) is 1.48. The zero-order valence-electron chi connectivity index (χ0n) is 24.0. The minimum Gasteiger partial charge on any atom is -0.496 e. The van der Waals surface area contributed by atoms with E-state index in [9.17, 15) is 9.59 Å². The number of benzene rings is 2. The Kier molecular flexibility index (Phi) is 11.7. The number of nitrogens with one attached hydrogen (secondary N) is 1. The number of methoxy groups -OCH3 is 1. The van der Waals surface area contributed by atoms with Crippen LogP contribution in [0.1, 0.15) is 55.8 Å². The van der Waals surface area contributed by atoms with Crippen LogP contribution in [-0.4, -0.2) is 74.0 Å². The van der Waals surface area contributed by atoms with Crippen molar-refractivity contribution in [3.8, 4) is 11.5 Å². The van der Waals surface area contributed by atoms with E-state index >= 15 is 0 Å². The second-order valence-electron chi connectivity index (χ2n) is 10.8. The number of nitrogens with two attached hydrogens (primary N) is 1. The molecular formula is C30H39Cl3N4O5. The van der Waals surface area contributed by atoms with Crippen LogP contribution in [0.4, 0.5) is 10.5 Å². The van der Waals surface area contributed by atoms with Crippen LogP contribution >= 0.6 is 34.8 Å². The molecule has 0 aromatic heterocycles. The quantitative estimate of drug-likeness (QED) is 0.302. The molecular weight excluding hydrogens is 603 g/mol. The van der Waals surface area contributed by atoms with Gasteiger partial charge in [-0.15, -0.1) is 0 Å². The van der Waals surface area contributed by atoms with Crippen LogP contribution < -0.4 is 20.5 Å². The van der Waals surface area contributed by atoms with Gasteiger partial charge in [0, 0.05) is 38.8 Å². The van der Waals surface area contributed by atoms with E-state index in [1.807, 2.05) is 6.92 Å². The van der Waals surface area contributed by atoms with Crippen molar-refractivity contribution >= 4 is 52.5 Å². The molecule has 2 heterocycles. The van der Waals surface area contributed by atoms with Gasteiger partial charge in [-0.2, -0.15) is 0 Å². The van der Waals surface area contributed by atoms with E-state index in [1.165, 1.54) is 13.2 Å². The SMILES string of the molecule is COc1cc(N)c(Cl)cc1C(=O)NCC1CCN(C(Oc2cccc(Cl)c2Cl)C(C)OC(=O)N2CCCCCC2)CC1. The number of piperidine rings is 1. The molecule has 230 valence electrons. The fraction of sp³-hybridized carbons (Fsp3) is 0.533. The largest absolute Gasteiger partial charge is 0.496 e. The Morgan fingerprint density at radius 1 is 1.00 bits per heavy atom. The summed E-state index contributed by atoms with van der Waals surface area (Å²) < 4.78 is 17.7. The summed E-state index contributed by atoms with van der Waals surface area (Å²) in [6, 6.07) is 8.28. The topological polar surface area (TPSA) is 106 Å². The van der Waals surface area contributed by atoms with Crippen molar-refractivity contribution in [3.63, 3.8) is 0 Å². The molecule has 2 aliphatic heterocycles. The molecule has 2 aliphatic rings. The Balaban J connectivity index is 1.39. The summed E-state index contributed by atoms with van der Waals surface area (Å²) in [5, 5.41) is 4.00. The number of likely N-dealkylation sites (tertiary alicyclic amines) is 2. The fourth-order valence-electron chi connectivity index (χ4n) is 5.38. The van der Waals surface area contributed by atoms with Gasteiger partial charge in [-0.1, -0.05) is 53.7 Å². The molecule has 2 unspecified atom stereocenters. The maximum absolute atomic E-state index is 13.0. The fourth-order valence-corrected chi connectivity index (χ4v) is 5.88. The van der Waals surface area contributed by atoms with Crippen molar-refractivity contribution in [2.24, 2.45) is 5.92 Å². The second-order valence-corrected chi connectivity index (χ2v) is 12.0. The molecule has 12 heteroatoms. The van der Waals surface area contributed by atoms with Gasteiger partial charge in [0.2, 0.25) is 0 Å². The first-order chi connectivity index (χ1) is 20.2. The van der Waals surface area contributed by atoms with Crippen molar-refractivity contribution in [2.45, 2.75) is 57.8 Å². The average Bonchev–Trinajstić information content (AvgIpc) is 3.28. The van der Waals surface area contributed by atoms with Gasteiger partial charge >= 0.3 is 6.09 Å². The highest BCUT2D eigenvalue weighted by molar-refractivity contribution is 6.42. The van der Waals surface area contributed by atoms with Crippen molar-refractivity contribution < 1.29 is 23.8 Å². The summed E-state index contributed by atoms with van der Waals surface area (Å²) >= 11 is 18.8. The first kappa shape index (κ1) is 32.3. The minimum absolute atomic E-state index is 0.241. The monoisotopic (exact) mass is 640 g/mol. The van der Waals surface area contributed by atoms with Gasteiger partial charge in [0.15, 0.2) is 12.3 Å². The predicted octanol–water partition coefficient (Wildman–Crippen LogP) is 6.49. The van der Waals surface area contributed by atoms with E-state index in [-0.39, 0.29) is 17.9 Å². The number of carbonyl (C=O) groups excluding carboxylic acids is 2. The number of hydrogen-bond donors (Lipinski definition) is 2. The molecule has 0 radical (unpaired) electrons. The zero-order chi connectivity index (χ0) is 30.2. The van der Waals surface area contributed by atoms with E-state index in [4.69, 9.17) is 54.7 Å². The average molecular weight is 642 g/mol. The summed E-state index contributed by atoms with van der Waals surface area (Å²) in [6.45, 7) is 5.07. The molecule has 2 fully saturated rings. The summed E-state index contributed by atoms with van der Waals surface area (Å²) in [4.78, 5) is 29.9. The third-order valence-corrected chi connectivity index (χ3v) is 8.97. The van der Waals surface area contributed by atoms with Gasteiger partial charge in [-0.05, 0) is 56.7 Å². The smallest absolute Gasteiger partial charge is 0.410 e. The van der Waals surface area contributed by atoms with Crippen LogP contribution in [0.2, 0.25) is 15.1 Å². The minimum atomic E-state index is -0.575. The lowest BCUT2D eigenvalue weighted by Gasteiger charge is -2.40. The Morgan fingerprint density at radius 3 is 2.36 bits per heavy atom. The van der Waals surface area contributed by atoms with Gasteiger partial charge in [0.05, 0.1) is 28.4 Å². The molecule has 9 nitrogen and oxygen atoms in total.